The summed E-state index contributed by atoms with van der Waals surface area (Å²) >= 11 is 6.23. The molecule has 0 radical (unpaired) electrons. The maximum Gasteiger partial charge on any atom is 0.287 e. The number of aromatic nitrogens is 2. The van der Waals surface area contributed by atoms with Crippen molar-refractivity contribution < 1.29 is 0 Å². The van der Waals surface area contributed by atoms with Gasteiger partial charge in [-0.2, -0.15) is 10.4 Å². The lowest BCUT2D eigenvalue weighted by atomic mass is 9.86. The minimum atomic E-state index is -0.261. The van der Waals surface area contributed by atoms with Crippen molar-refractivity contribution in [1.29, 1.82) is 5.26 Å². The fourth-order valence-electron chi connectivity index (χ4n) is 3.81. The Hall–Kier alpha value is -2.36. The van der Waals surface area contributed by atoms with Crippen molar-refractivity contribution in [2.45, 2.75) is 25.0 Å². The van der Waals surface area contributed by atoms with Crippen LogP contribution in [0.5, 0.6) is 0 Å². The Morgan fingerprint density at radius 1 is 1.36 bits per heavy atom. The van der Waals surface area contributed by atoms with Crippen molar-refractivity contribution in [3.8, 4) is 6.07 Å². The van der Waals surface area contributed by atoms with Crippen molar-refractivity contribution in [2.75, 3.05) is 18.0 Å². The molecule has 3 saturated heterocycles. The summed E-state index contributed by atoms with van der Waals surface area (Å²) in [5.41, 5.74) is 2.33. The molecule has 6 nitrogen and oxygen atoms in total. The van der Waals surface area contributed by atoms with Gasteiger partial charge in [0.2, 0.25) is 0 Å². The van der Waals surface area contributed by atoms with Crippen molar-refractivity contribution in [2.24, 2.45) is 7.05 Å². The molecule has 0 spiro atoms. The number of rotatable bonds is 3. The second kappa shape index (κ2) is 6.17. The van der Waals surface area contributed by atoms with Gasteiger partial charge in [-0.15, -0.1) is 0 Å². The van der Waals surface area contributed by atoms with Crippen LogP contribution in [0.2, 0.25) is 5.02 Å². The quantitative estimate of drug-likeness (QED) is 0.839. The topological polar surface area (TPSA) is 65.2 Å². The Morgan fingerprint density at radius 3 is 2.84 bits per heavy atom. The smallest absolute Gasteiger partial charge is 0.287 e. The van der Waals surface area contributed by atoms with Gasteiger partial charge >= 0.3 is 0 Å². The molecular weight excluding hydrogens is 338 g/mol. The summed E-state index contributed by atoms with van der Waals surface area (Å²) in [6.45, 7) is 2.52. The van der Waals surface area contributed by atoms with Gasteiger partial charge in [0.05, 0.1) is 23.5 Å². The fourth-order valence-corrected chi connectivity index (χ4v) is 4.11. The first-order chi connectivity index (χ1) is 12.1. The van der Waals surface area contributed by atoms with Gasteiger partial charge < -0.3 is 4.90 Å². The van der Waals surface area contributed by atoms with E-state index in [1.165, 1.54) is 4.68 Å². The Balaban J connectivity index is 1.49. The average Bonchev–Trinajstić information content (AvgIpc) is 2.64. The van der Waals surface area contributed by atoms with Gasteiger partial charge in [0, 0.05) is 38.8 Å². The molecular formula is C18H18ClN5O. The number of halogens is 1. The number of benzene rings is 1. The molecule has 1 aromatic heterocycles. The van der Waals surface area contributed by atoms with Crippen LogP contribution in [0.15, 0.2) is 35.3 Å². The monoisotopic (exact) mass is 355 g/mol. The van der Waals surface area contributed by atoms with Gasteiger partial charge in [0.25, 0.3) is 5.56 Å². The van der Waals surface area contributed by atoms with Crippen LogP contribution in [0.1, 0.15) is 17.5 Å². The van der Waals surface area contributed by atoms with Crippen LogP contribution in [-0.4, -0.2) is 39.9 Å². The largest absolute Gasteiger partial charge is 0.366 e. The third-order valence-corrected chi connectivity index (χ3v) is 5.52. The Kier molecular flexibility index (Phi) is 3.98. The van der Waals surface area contributed by atoms with E-state index in [4.69, 9.17) is 16.9 Å². The zero-order chi connectivity index (χ0) is 17.6. The number of hydrogen-bond donors (Lipinski definition) is 0. The normalized spacial score (nSPS) is 22.4. The van der Waals surface area contributed by atoms with Gasteiger partial charge in [0.15, 0.2) is 0 Å². The third kappa shape index (κ3) is 2.80. The number of anilines is 1. The van der Waals surface area contributed by atoms with E-state index in [1.807, 2.05) is 18.2 Å². The summed E-state index contributed by atoms with van der Waals surface area (Å²) in [6, 6.07) is 10.8. The number of nitriles is 1. The van der Waals surface area contributed by atoms with Crippen molar-refractivity contribution >= 4 is 17.3 Å². The first kappa shape index (κ1) is 16.1. The minimum absolute atomic E-state index is 0.243. The van der Waals surface area contributed by atoms with Crippen molar-refractivity contribution in [1.82, 2.24) is 14.7 Å². The molecule has 3 aliphatic rings. The fraction of sp³-hybridized carbons (Fsp3) is 0.389. The van der Waals surface area contributed by atoms with E-state index < -0.39 is 0 Å². The molecule has 128 valence electrons. The Labute approximate surface area is 150 Å². The van der Waals surface area contributed by atoms with Gasteiger partial charge in [-0.25, -0.2) is 4.68 Å². The number of piperazine rings is 1. The summed E-state index contributed by atoms with van der Waals surface area (Å²) in [6.07, 6.45) is 2.83. The highest BCUT2D eigenvalue weighted by atomic mass is 35.5. The Bertz CT molecular complexity index is 906. The zero-order valence-corrected chi connectivity index (χ0v) is 14.6. The zero-order valence-electron chi connectivity index (χ0n) is 13.9. The first-order valence-corrected chi connectivity index (χ1v) is 8.66. The average molecular weight is 356 g/mol. The van der Waals surface area contributed by atoms with Gasteiger partial charge in [-0.3, -0.25) is 9.69 Å². The lowest BCUT2D eigenvalue weighted by Gasteiger charge is -2.57. The lowest BCUT2D eigenvalue weighted by Crippen LogP contribution is -2.68. The predicted octanol–water partition coefficient (Wildman–Crippen LogP) is 1.77. The molecule has 2 unspecified atom stereocenters. The molecule has 7 heteroatoms. The molecule has 0 amide bonds. The molecule has 4 heterocycles. The standard InChI is InChI=1S/C18H18ClN5O/c1-22-18(25)17(19)16(8-21-22)23-10-14-6-15(11-23)24(14)9-13-4-2-3-12(5-13)7-20/h2-5,8,14-15H,6,9-11H2,1H3. The van der Waals surface area contributed by atoms with E-state index in [2.05, 4.69) is 27.0 Å². The Morgan fingerprint density at radius 2 is 2.12 bits per heavy atom. The SMILES string of the molecule is Cn1ncc(N2CC3CC(C2)N3Cc2cccc(C#N)c2)c(Cl)c1=O. The number of hydrogen-bond acceptors (Lipinski definition) is 5. The van der Waals surface area contributed by atoms with Gasteiger partial charge in [0.1, 0.15) is 5.02 Å². The van der Waals surface area contributed by atoms with E-state index in [0.717, 1.165) is 37.3 Å². The van der Waals surface area contributed by atoms with E-state index in [9.17, 15) is 4.79 Å². The molecule has 2 bridgehead atoms. The summed E-state index contributed by atoms with van der Waals surface area (Å²) in [5, 5.41) is 13.4. The van der Waals surface area contributed by atoms with Crippen LogP contribution < -0.4 is 10.5 Å². The first-order valence-electron chi connectivity index (χ1n) is 8.28. The van der Waals surface area contributed by atoms with Crippen LogP contribution in [0, 0.1) is 11.3 Å². The second-order valence-electron chi connectivity index (χ2n) is 6.71. The molecule has 0 N–H and O–H groups in total. The van der Waals surface area contributed by atoms with Crippen LogP contribution in [0.4, 0.5) is 5.69 Å². The van der Waals surface area contributed by atoms with Crippen LogP contribution in [0.25, 0.3) is 0 Å². The van der Waals surface area contributed by atoms with Gasteiger partial charge in [-0.05, 0) is 24.1 Å². The highest BCUT2D eigenvalue weighted by molar-refractivity contribution is 6.33. The predicted molar refractivity (Wildman–Crippen MR) is 95.6 cm³/mol. The summed E-state index contributed by atoms with van der Waals surface area (Å²) in [5.74, 6) is 0. The third-order valence-electron chi connectivity index (χ3n) is 5.17. The van der Waals surface area contributed by atoms with Crippen molar-refractivity contribution in [3.05, 3.63) is 57.0 Å². The number of fused-ring (bicyclic) bond motifs is 2. The number of piperidine rings is 1. The molecule has 25 heavy (non-hydrogen) atoms. The molecule has 3 fully saturated rings. The molecule has 5 rings (SSSR count). The summed E-state index contributed by atoms with van der Waals surface area (Å²) in [4.78, 5) is 16.6. The second-order valence-corrected chi connectivity index (χ2v) is 7.08. The van der Waals surface area contributed by atoms with E-state index in [-0.39, 0.29) is 10.6 Å². The summed E-state index contributed by atoms with van der Waals surface area (Å²) < 4.78 is 1.25. The maximum absolute atomic E-state index is 12.0. The molecule has 2 aromatic rings. The number of nitrogens with zero attached hydrogens (tertiary/aromatic N) is 5. The van der Waals surface area contributed by atoms with Crippen LogP contribution in [0.3, 0.4) is 0 Å². The molecule has 0 aliphatic carbocycles. The summed E-state index contributed by atoms with van der Waals surface area (Å²) in [7, 11) is 1.60. The highest BCUT2D eigenvalue weighted by Gasteiger charge is 2.44. The minimum Gasteiger partial charge on any atom is -0.366 e. The van der Waals surface area contributed by atoms with Gasteiger partial charge in [-0.1, -0.05) is 23.7 Å². The highest BCUT2D eigenvalue weighted by Crippen LogP contribution is 2.36. The van der Waals surface area contributed by atoms with E-state index in [0.29, 0.717) is 17.6 Å². The van der Waals surface area contributed by atoms with E-state index in [1.54, 1.807) is 13.2 Å². The number of aryl methyl sites for hydroxylation is 1. The molecule has 1 aromatic carbocycles. The molecule has 2 atom stereocenters. The van der Waals surface area contributed by atoms with E-state index >= 15 is 0 Å². The molecule has 3 aliphatic heterocycles. The van der Waals surface area contributed by atoms with Crippen molar-refractivity contribution in [3.63, 3.8) is 0 Å². The van der Waals surface area contributed by atoms with Crippen LogP contribution in [-0.2, 0) is 13.6 Å². The van der Waals surface area contributed by atoms with Crippen LogP contribution >= 0.6 is 11.6 Å². The lowest BCUT2D eigenvalue weighted by molar-refractivity contribution is -0.00846. The maximum atomic E-state index is 12.0. The molecule has 0 saturated carbocycles.